The van der Waals surface area contributed by atoms with Crippen molar-refractivity contribution >= 4 is 11.0 Å². The predicted octanol–water partition coefficient (Wildman–Crippen LogP) is 15.4. The van der Waals surface area contributed by atoms with Gasteiger partial charge in [-0.05, 0) is 124 Å². The smallest absolute Gasteiger partial charge is 0.148 e. The van der Waals surface area contributed by atoms with Crippen molar-refractivity contribution in [2.45, 2.75) is 106 Å². The van der Waals surface area contributed by atoms with Crippen molar-refractivity contribution in [2.24, 2.45) is 0 Å². The number of aromatic hydroxyl groups is 1. The van der Waals surface area contributed by atoms with Crippen LogP contribution in [0, 0.1) is 33.6 Å². The Bertz CT molecular complexity index is 3590. The summed E-state index contributed by atoms with van der Waals surface area (Å²) in [7, 11) is 0. The van der Waals surface area contributed by atoms with Gasteiger partial charge in [-0.1, -0.05) is 152 Å². The van der Waals surface area contributed by atoms with Gasteiger partial charge in [0.2, 0.25) is 0 Å². The Hall–Kier alpha value is -5.57. The van der Waals surface area contributed by atoms with E-state index in [0.29, 0.717) is 44.5 Å². The number of imidazole rings is 1. The summed E-state index contributed by atoms with van der Waals surface area (Å²) in [5, 5.41) is 11.8. The van der Waals surface area contributed by atoms with E-state index in [-0.39, 0.29) is 60.3 Å². The van der Waals surface area contributed by atoms with Gasteiger partial charge in [0, 0.05) is 41.2 Å². The minimum Gasteiger partial charge on any atom is -0.507 e. The zero-order valence-electron chi connectivity index (χ0n) is 50.6. The van der Waals surface area contributed by atoms with Gasteiger partial charge in [-0.2, -0.15) is 0 Å². The van der Waals surface area contributed by atoms with E-state index in [1.807, 2.05) is 70.2 Å². The molecule has 0 unspecified atom stereocenters. The third-order valence-electron chi connectivity index (χ3n) is 11.4. The first-order chi connectivity index (χ1) is 34.5. The molecule has 0 radical (unpaired) electrons. The van der Waals surface area contributed by atoms with Crippen molar-refractivity contribution in [3.8, 4) is 67.5 Å². The maximum Gasteiger partial charge on any atom is 0.148 e. The number of phenolic OH excluding ortho intramolecular Hbond substituents is 1. The second kappa shape index (κ2) is 16.9. The molecular formula is C58H60N3OPt-. The average molecular weight is 1020 g/mol. The molecule has 0 aliphatic carbocycles. The maximum atomic E-state index is 11.8. The van der Waals surface area contributed by atoms with Crippen molar-refractivity contribution in [1.29, 1.82) is 0 Å². The molecule has 0 saturated carbocycles. The second-order valence-electron chi connectivity index (χ2n) is 19.3. The summed E-state index contributed by atoms with van der Waals surface area (Å²) in [6, 6.07) is 23.7. The van der Waals surface area contributed by atoms with E-state index < -0.39 is 78.2 Å². The Balaban J connectivity index is 0.00000840. The van der Waals surface area contributed by atoms with Gasteiger partial charge in [-0.15, -0.1) is 29.3 Å². The van der Waals surface area contributed by atoms with Crippen LogP contribution in [0.25, 0.3) is 72.7 Å². The Morgan fingerprint density at radius 2 is 1.29 bits per heavy atom. The molecule has 0 saturated heterocycles. The average Bonchev–Trinajstić information content (AvgIpc) is 3.69. The minimum absolute atomic E-state index is 0. The number of rotatable bonds is 6. The summed E-state index contributed by atoms with van der Waals surface area (Å²) in [6.07, 6.45) is -0.629. The van der Waals surface area contributed by atoms with Gasteiger partial charge in [-0.3, -0.25) is 9.55 Å². The summed E-state index contributed by atoms with van der Waals surface area (Å²) in [5.41, 5.74) is 5.96. The van der Waals surface area contributed by atoms with Crippen LogP contribution in [0.4, 0.5) is 0 Å². The molecule has 0 bridgehead atoms. The monoisotopic (exact) mass is 1020 g/mol. The molecule has 0 fully saturated rings. The SMILES string of the molecule is [2H]c1nc(-c2[c-]c(-c3cccc4c3nc(-c3cc(C)cc(C)c3O)n4-c3ccc(-c4cc(C(C)(C)C)cc(C(C)(C)C)c4)cc3C([2H])([2H])[2H])cc(C(C)(C)C)c2)c([2H])c(-c2c([2H])c([2H])c(C([2H])([2H])[2H])c([2H])c2[2H])c1[2H].[Pt]. The first-order valence-corrected chi connectivity index (χ1v) is 20.8. The topological polar surface area (TPSA) is 50.9 Å². The number of nitrogens with zero attached hydrogens (tertiary/aromatic N) is 3. The molecule has 324 valence electrons. The van der Waals surface area contributed by atoms with Crippen molar-refractivity contribution in [1.82, 2.24) is 14.5 Å². The Labute approximate surface area is 408 Å². The van der Waals surface area contributed by atoms with E-state index in [9.17, 15) is 6.48 Å². The first kappa shape index (κ1) is 31.3. The minimum atomic E-state index is -2.99. The van der Waals surface area contributed by atoms with Gasteiger partial charge >= 0.3 is 0 Å². The molecule has 63 heavy (non-hydrogen) atoms. The quantitative estimate of drug-likeness (QED) is 0.169. The molecule has 0 spiro atoms. The van der Waals surface area contributed by atoms with Crippen LogP contribution in [0.15, 0.2) is 121 Å². The fourth-order valence-electron chi connectivity index (χ4n) is 7.73. The molecule has 6 aromatic carbocycles. The number of fused-ring (bicyclic) bond motifs is 1. The summed E-state index contributed by atoms with van der Waals surface area (Å²) in [4.78, 5) is 9.67. The van der Waals surface area contributed by atoms with Crippen molar-refractivity contribution in [3.63, 3.8) is 0 Å². The Morgan fingerprint density at radius 1 is 0.619 bits per heavy atom. The van der Waals surface area contributed by atoms with E-state index in [4.69, 9.17) is 21.4 Å². The van der Waals surface area contributed by atoms with Crippen molar-refractivity contribution in [2.75, 3.05) is 0 Å². The van der Waals surface area contributed by atoms with Gasteiger partial charge in [0.1, 0.15) is 11.6 Å². The molecule has 0 atom stereocenters. The number of benzene rings is 6. The second-order valence-corrected chi connectivity index (χ2v) is 19.3. The fourth-order valence-corrected chi connectivity index (χ4v) is 7.73. The molecule has 2 aromatic heterocycles. The summed E-state index contributed by atoms with van der Waals surface area (Å²) in [5.74, 6) is 0.234. The van der Waals surface area contributed by atoms with E-state index in [1.165, 1.54) is 0 Å². The van der Waals surface area contributed by atoms with Crippen LogP contribution < -0.4 is 0 Å². The third kappa shape index (κ3) is 9.11. The Morgan fingerprint density at radius 3 is 1.94 bits per heavy atom. The molecule has 1 N–H and O–H groups in total. The standard InChI is InChI=1S/C58H60N3O.Pt/c1-35-17-19-39(20-18-35)41-23-24-59-50(33-41)44-28-43(31-45(32-44)56(5,6)7)48-15-14-16-52-53(48)60-55(49-26-36(2)25-38(4)54(49)62)61(52)51-22-21-40(27-37(51)3)42-29-46(57(8,9)10)34-47(30-42)58(11,12)13;/h14-27,29-34,62H,1-13H3;/q-1;/i1D3,3D3,17D,18D,19D,20D,23D,24D,33D;. The number of hydrogen-bond donors (Lipinski definition) is 1. The number of phenols is 1. The van der Waals surface area contributed by atoms with Gasteiger partial charge in [0.15, 0.2) is 0 Å². The van der Waals surface area contributed by atoms with Crippen LogP contribution in [-0.2, 0) is 37.3 Å². The van der Waals surface area contributed by atoms with Crippen LogP contribution in [0.5, 0.6) is 5.75 Å². The summed E-state index contributed by atoms with van der Waals surface area (Å²) >= 11 is 0. The molecule has 0 aliphatic heterocycles. The molecule has 4 nitrogen and oxygen atoms in total. The largest absolute Gasteiger partial charge is 0.507 e. The molecular weight excluding hydrogens is 950 g/mol. The zero-order valence-corrected chi connectivity index (χ0v) is 39.9. The molecule has 5 heteroatoms. The fraction of sp³-hybridized carbons (Fsp3) is 0.276. The van der Waals surface area contributed by atoms with Crippen LogP contribution >= 0.6 is 0 Å². The van der Waals surface area contributed by atoms with Gasteiger partial charge in [0.25, 0.3) is 0 Å². The first-order valence-electron chi connectivity index (χ1n) is 27.3. The molecule has 2 heterocycles. The van der Waals surface area contributed by atoms with E-state index in [2.05, 4.69) is 70.8 Å². The van der Waals surface area contributed by atoms with Crippen molar-refractivity contribution < 1.29 is 44.0 Å². The van der Waals surface area contributed by atoms with Crippen LogP contribution in [0.1, 0.15) is 119 Å². The number of para-hydroxylation sites is 1. The van der Waals surface area contributed by atoms with Gasteiger partial charge < -0.3 is 5.11 Å². The number of pyridine rings is 1. The number of aryl methyl sites for hydroxylation is 3. The van der Waals surface area contributed by atoms with E-state index in [0.717, 1.165) is 27.8 Å². The van der Waals surface area contributed by atoms with Crippen LogP contribution in [-0.4, -0.2) is 19.6 Å². The van der Waals surface area contributed by atoms with Crippen molar-refractivity contribution in [3.05, 3.63) is 166 Å². The van der Waals surface area contributed by atoms with E-state index >= 15 is 0 Å². The molecule has 8 aromatic rings. The Kier molecular flexibility index (Phi) is 8.37. The third-order valence-corrected chi connectivity index (χ3v) is 11.4. The summed E-state index contributed by atoms with van der Waals surface area (Å²) < 4.78 is 115. The van der Waals surface area contributed by atoms with Crippen LogP contribution in [0.2, 0.25) is 0 Å². The summed E-state index contributed by atoms with van der Waals surface area (Å²) in [6.45, 7) is 16.9. The maximum absolute atomic E-state index is 11.8. The number of hydrogen-bond acceptors (Lipinski definition) is 3. The molecule has 0 amide bonds. The van der Waals surface area contributed by atoms with Gasteiger partial charge in [0.05, 0.1) is 31.9 Å². The molecule has 8 rings (SSSR count). The predicted molar refractivity (Wildman–Crippen MR) is 262 cm³/mol. The van der Waals surface area contributed by atoms with E-state index in [1.54, 1.807) is 29.7 Å². The van der Waals surface area contributed by atoms with Crippen LogP contribution in [0.3, 0.4) is 0 Å². The zero-order chi connectivity index (χ0) is 55.6. The van der Waals surface area contributed by atoms with Gasteiger partial charge in [-0.25, -0.2) is 4.98 Å². The normalized spacial score (nSPS) is 15.5. The number of aromatic nitrogens is 3. The molecule has 0 aliphatic rings.